The van der Waals surface area contributed by atoms with Crippen LogP contribution < -0.4 is 4.90 Å². The zero-order valence-electron chi connectivity index (χ0n) is 5.00. The summed E-state index contributed by atoms with van der Waals surface area (Å²) in [5, 5.41) is 12.8. The zero-order valence-corrected chi connectivity index (χ0v) is 5.75. The third-order valence-electron chi connectivity index (χ3n) is 0.963. The van der Waals surface area contributed by atoms with Crippen LogP contribution in [0.4, 0.5) is 0 Å². The lowest BCUT2D eigenvalue weighted by atomic mass is 10.4. The average Bonchev–Trinajstić information content (AvgIpc) is 2.11. The summed E-state index contributed by atoms with van der Waals surface area (Å²) in [5.41, 5.74) is -0.0725. The molecule has 0 unspecified atom stereocenters. The van der Waals surface area contributed by atoms with Gasteiger partial charge in [0.05, 0.1) is 0 Å². The molecule has 6 heteroatoms. The second kappa shape index (κ2) is 2.26. The Labute approximate surface area is 60.7 Å². The molecular formula is C4H3ClN2O3. The van der Waals surface area contributed by atoms with Crippen molar-refractivity contribution < 1.29 is 14.3 Å². The predicted molar refractivity (Wildman–Crippen MR) is 30.4 cm³/mol. The lowest BCUT2D eigenvalue weighted by molar-refractivity contribution is -0.803. The smallest absolute Gasteiger partial charge is 0.300 e. The van der Waals surface area contributed by atoms with Crippen LogP contribution in [0.5, 0.6) is 0 Å². The highest BCUT2D eigenvalue weighted by atomic mass is 35.5. The normalized spacial score (nSPS) is 9.80. The number of rotatable bonds is 1. The summed E-state index contributed by atoms with van der Waals surface area (Å²) in [6.07, 6.45) is 0. The second-order valence-corrected chi connectivity index (χ2v) is 1.98. The summed E-state index contributed by atoms with van der Waals surface area (Å²) < 4.78 is 4.06. The molecule has 0 bridgehead atoms. The van der Waals surface area contributed by atoms with Gasteiger partial charge in [-0.25, -0.2) is 0 Å². The Morgan fingerprint density at radius 3 is 2.70 bits per heavy atom. The summed E-state index contributed by atoms with van der Waals surface area (Å²) in [4.78, 5) is 10.4. The largest absolute Gasteiger partial charge is 0.359 e. The minimum atomic E-state index is -0.867. The molecule has 0 radical (unpaired) electrons. The van der Waals surface area contributed by atoms with Crippen LogP contribution in [0.1, 0.15) is 16.2 Å². The molecule has 0 aliphatic rings. The highest BCUT2D eigenvalue weighted by Gasteiger charge is 2.20. The third kappa shape index (κ3) is 0.950. The molecule has 54 valence electrons. The van der Waals surface area contributed by atoms with E-state index < -0.39 is 5.24 Å². The van der Waals surface area contributed by atoms with E-state index in [4.69, 9.17) is 11.6 Å². The maximum Gasteiger partial charge on any atom is 0.300 e. The van der Waals surface area contributed by atoms with Crippen molar-refractivity contribution in [3.63, 3.8) is 0 Å². The second-order valence-electron chi connectivity index (χ2n) is 1.64. The van der Waals surface area contributed by atoms with Gasteiger partial charge in [0.1, 0.15) is 0 Å². The van der Waals surface area contributed by atoms with Gasteiger partial charge in [-0.15, -0.1) is 0 Å². The molecule has 0 aliphatic carbocycles. The molecule has 10 heavy (non-hydrogen) atoms. The van der Waals surface area contributed by atoms with Crippen LogP contribution >= 0.6 is 11.6 Å². The number of nitrogens with zero attached hydrogens (tertiary/aromatic N) is 2. The van der Waals surface area contributed by atoms with Gasteiger partial charge in [-0.3, -0.25) is 9.42 Å². The van der Waals surface area contributed by atoms with E-state index in [1.165, 1.54) is 6.92 Å². The van der Waals surface area contributed by atoms with E-state index in [1.54, 1.807) is 0 Å². The number of carbonyl (C=O) groups is 1. The SMILES string of the molecule is Cc1no[n+]([O-])c1C(=O)Cl. The highest BCUT2D eigenvalue weighted by Crippen LogP contribution is 2.01. The molecule has 0 saturated carbocycles. The van der Waals surface area contributed by atoms with Gasteiger partial charge in [-0.2, -0.15) is 0 Å². The van der Waals surface area contributed by atoms with Crippen LogP contribution in [0, 0.1) is 12.1 Å². The first-order valence-corrected chi connectivity index (χ1v) is 2.77. The number of carbonyl (C=O) groups excluding carboxylic acids is 1. The third-order valence-corrected chi connectivity index (χ3v) is 1.14. The van der Waals surface area contributed by atoms with Gasteiger partial charge >= 0.3 is 5.24 Å². The van der Waals surface area contributed by atoms with Crippen molar-refractivity contribution in [3.05, 3.63) is 16.6 Å². The van der Waals surface area contributed by atoms with E-state index in [2.05, 4.69) is 9.79 Å². The molecule has 1 aromatic rings. The first-order chi connectivity index (χ1) is 4.63. The summed E-state index contributed by atoms with van der Waals surface area (Å²) in [7, 11) is 0. The van der Waals surface area contributed by atoms with Crippen LogP contribution in [0.25, 0.3) is 0 Å². The van der Waals surface area contributed by atoms with Crippen LogP contribution in [-0.2, 0) is 0 Å². The molecule has 0 aromatic carbocycles. The molecule has 0 saturated heterocycles. The Morgan fingerprint density at radius 2 is 2.50 bits per heavy atom. The minimum absolute atomic E-state index is 0.0231. The van der Waals surface area contributed by atoms with Crippen molar-refractivity contribution in [2.75, 3.05) is 0 Å². The molecule has 1 aromatic heterocycles. The van der Waals surface area contributed by atoms with Gasteiger partial charge in [0.2, 0.25) is 5.69 Å². The first-order valence-electron chi connectivity index (χ1n) is 2.39. The number of halogens is 1. The molecule has 5 nitrogen and oxygen atoms in total. The molecule has 0 N–H and O–H groups in total. The lowest BCUT2D eigenvalue weighted by Crippen LogP contribution is -2.29. The molecule has 1 rings (SSSR count). The number of aryl methyl sites for hydroxylation is 1. The molecule has 0 fully saturated rings. The molecule has 0 aliphatic heterocycles. The Morgan fingerprint density at radius 1 is 1.90 bits per heavy atom. The van der Waals surface area contributed by atoms with Gasteiger partial charge in [0, 0.05) is 12.1 Å². The fraction of sp³-hybridized carbons (Fsp3) is 0.250. The standard InChI is InChI=1S/C4H3ClN2O3/c1-2-3(4(5)8)7(9)10-6-2/h1H3. The number of aromatic nitrogens is 2. The summed E-state index contributed by atoms with van der Waals surface area (Å²) in [6, 6.07) is 0. The van der Waals surface area contributed by atoms with Crippen molar-refractivity contribution in [2.24, 2.45) is 0 Å². The minimum Gasteiger partial charge on any atom is -0.359 e. The van der Waals surface area contributed by atoms with Crippen molar-refractivity contribution in [3.8, 4) is 0 Å². The van der Waals surface area contributed by atoms with Crippen LogP contribution in [0.2, 0.25) is 0 Å². The quantitative estimate of drug-likeness (QED) is 0.430. The van der Waals surface area contributed by atoms with Crippen molar-refractivity contribution in [1.29, 1.82) is 0 Å². The van der Waals surface area contributed by atoms with Crippen LogP contribution in [-0.4, -0.2) is 10.4 Å². The monoisotopic (exact) mass is 162 g/mol. The van der Waals surface area contributed by atoms with E-state index >= 15 is 0 Å². The Bertz CT molecular complexity index is 250. The molecule has 0 amide bonds. The molecule has 0 spiro atoms. The molecule has 1 heterocycles. The summed E-state index contributed by atoms with van der Waals surface area (Å²) in [6.45, 7) is 1.45. The van der Waals surface area contributed by atoms with Gasteiger partial charge in [0.25, 0.3) is 5.69 Å². The van der Waals surface area contributed by atoms with Crippen LogP contribution in [0.3, 0.4) is 0 Å². The number of hydrogen-bond acceptors (Lipinski definition) is 4. The Balaban J connectivity index is 3.23. The molecule has 0 atom stereocenters. The van der Waals surface area contributed by atoms with E-state index in [0.29, 0.717) is 0 Å². The van der Waals surface area contributed by atoms with Crippen molar-refractivity contribution in [1.82, 2.24) is 5.16 Å². The van der Waals surface area contributed by atoms with E-state index in [9.17, 15) is 10.0 Å². The first kappa shape index (κ1) is 7.01. The van der Waals surface area contributed by atoms with Gasteiger partial charge in [-0.05, 0) is 16.5 Å². The maximum absolute atomic E-state index is 10.5. The Kier molecular flexibility index (Phi) is 1.58. The average molecular weight is 163 g/mol. The van der Waals surface area contributed by atoms with Gasteiger partial charge < -0.3 is 5.21 Å². The van der Waals surface area contributed by atoms with Crippen molar-refractivity contribution >= 4 is 16.8 Å². The van der Waals surface area contributed by atoms with Crippen LogP contribution in [0.15, 0.2) is 4.63 Å². The maximum atomic E-state index is 10.5. The van der Waals surface area contributed by atoms with E-state index in [0.717, 1.165) is 0 Å². The van der Waals surface area contributed by atoms with E-state index in [1.807, 2.05) is 0 Å². The van der Waals surface area contributed by atoms with Gasteiger partial charge in [0.15, 0.2) is 0 Å². The lowest BCUT2D eigenvalue weighted by Gasteiger charge is -1.85. The Hall–Kier alpha value is -1.10. The highest BCUT2D eigenvalue weighted by molar-refractivity contribution is 6.67. The molecular weight excluding hydrogens is 160 g/mol. The van der Waals surface area contributed by atoms with Gasteiger partial charge in [-0.1, -0.05) is 0 Å². The fourth-order valence-electron chi connectivity index (χ4n) is 0.528. The topological polar surface area (TPSA) is 70.0 Å². The van der Waals surface area contributed by atoms with Crippen molar-refractivity contribution in [2.45, 2.75) is 6.92 Å². The predicted octanol–water partition coefficient (Wildman–Crippen LogP) is -0.00458. The zero-order chi connectivity index (χ0) is 7.72. The fourth-order valence-corrected chi connectivity index (χ4v) is 0.734. The summed E-state index contributed by atoms with van der Waals surface area (Å²) in [5.74, 6) is 0. The number of hydrogen-bond donors (Lipinski definition) is 0. The van der Waals surface area contributed by atoms with E-state index in [-0.39, 0.29) is 16.3 Å². The summed E-state index contributed by atoms with van der Waals surface area (Å²) >= 11 is 5.00.